The maximum Gasteiger partial charge on any atom is 0.286 e. The van der Waals surface area contributed by atoms with Crippen molar-refractivity contribution < 1.29 is 23.9 Å². The fourth-order valence-electron chi connectivity index (χ4n) is 2.92. The number of hydrogen-bond acceptors (Lipinski definition) is 6. The minimum absolute atomic E-state index is 0.215. The Hall–Kier alpha value is -2.19. The van der Waals surface area contributed by atoms with Crippen molar-refractivity contribution in [2.24, 2.45) is 4.99 Å². The summed E-state index contributed by atoms with van der Waals surface area (Å²) in [4.78, 5) is 20.9. The number of aliphatic imine (C=N–C) groups is 1. The lowest BCUT2D eigenvalue weighted by molar-refractivity contribution is -0.883. The maximum atomic E-state index is 12.4. The summed E-state index contributed by atoms with van der Waals surface area (Å²) in [5, 5.41) is 0.785. The second-order valence-corrected chi connectivity index (χ2v) is 7.21. The van der Waals surface area contributed by atoms with Crippen LogP contribution >= 0.6 is 11.8 Å². The molecule has 0 unspecified atom stereocenters. The Morgan fingerprint density at radius 3 is 2.31 bits per heavy atom. The third-order valence-electron chi connectivity index (χ3n) is 4.52. The molecular formula is C18H24N3O4S+. The molecule has 0 aromatic heterocycles. The lowest BCUT2D eigenvalue weighted by Crippen LogP contribution is -3.12. The number of methoxy groups -OCH3 is 3. The van der Waals surface area contributed by atoms with Crippen LogP contribution in [0.1, 0.15) is 5.56 Å². The number of nitrogens with zero attached hydrogens (tertiary/aromatic N) is 2. The molecule has 0 radical (unpaired) electrons. The van der Waals surface area contributed by atoms with Crippen LogP contribution in [0.3, 0.4) is 0 Å². The van der Waals surface area contributed by atoms with Crippen molar-refractivity contribution in [3.63, 3.8) is 0 Å². The van der Waals surface area contributed by atoms with Gasteiger partial charge in [-0.1, -0.05) is 0 Å². The lowest BCUT2D eigenvalue weighted by Gasteiger charge is -2.30. The summed E-state index contributed by atoms with van der Waals surface area (Å²) in [6, 6.07) is 3.55. The van der Waals surface area contributed by atoms with Crippen LogP contribution in [0.2, 0.25) is 0 Å². The van der Waals surface area contributed by atoms with Gasteiger partial charge in [0.15, 0.2) is 16.7 Å². The second kappa shape index (κ2) is 8.01. The van der Waals surface area contributed by atoms with Gasteiger partial charge in [-0.05, 0) is 23.9 Å². The molecule has 2 aliphatic heterocycles. The average molecular weight is 378 g/mol. The lowest BCUT2D eigenvalue weighted by atomic mass is 10.1. The first-order valence-corrected chi connectivity index (χ1v) is 9.26. The molecule has 0 aliphatic carbocycles. The van der Waals surface area contributed by atoms with E-state index >= 15 is 0 Å². The van der Waals surface area contributed by atoms with Crippen LogP contribution in [0, 0.1) is 0 Å². The van der Waals surface area contributed by atoms with Crippen LogP contribution in [0.5, 0.6) is 17.2 Å². The number of carbonyl (C=O) groups is 1. The highest BCUT2D eigenvalue weighted by Gasteiger charge is 2.29. The summed E-state index contributed by atoms with van der Waals surface area (Å²) in [6.45, 7) is 3.93. The van der Waals surface area contributed by atoms with Gasteiger partial charge in [0.2, 0.25) is 0 Å². The van der Waals surface area contributed by atoms with Gasteiger partial charge in [-0.15, -0.1) is 0 Å². The molecule has 2 heterocycles. The fourth-order valence-corrected chi connectivity index (χ4v) is 3.88. The van der Waals surface area contributed by atoms with Crippen LogP contribution in [0.25, 0.3) is 6.08 Å². The highest BCUT2D eigenvalue weighted by Crippen LogP contribution is 2.38. The van der Waals surface area contributed by atoms with E-state index in [1.807, 2.05) is 0 Å². The minimum Gasteiger partial charge on any atom is -0.496 e. The van der Waals surface area contributed by atoms with E-state index < -0.39 is 0 Å². The van der Waals surface area contributed by atoms with Crippen molar-refractivity contribution in [2.75, 3.05) is 54.6 Å². The SMILES string of the molecule is COc1cc(OC)c(OC)cc1/C=C1/SC(N2CC[NH+](C)CC2)=NC1=O. The number of amidine groups is 1. The standard InChI is InChI=1S/C18H23N3O4S/c1-20-5-7-21(8-6-20)18-19-17(22)16(26-18)10-12-9-14(24-3)15(25-4)11-13(12)23-2/h9-11H,5-8H2,1-4H3/p+1/b16-10+. The molecule has 1 amide bonds. The second-order valence-electron chi connectivity index (χ2n) is 6.20. The number of piperazine rings is 1. The summed E-state index contributed by atoms with van der Waals surface area (Å²) in [6.07, 6.45) is 1.80. The molecule has 2 aliphatic rings. The zero-order valence-corrected chi connectivity index (χ0v) is 16.3. The Balaban J connectivity index is 1.84. The minimum atomic E-state index is -0.215. The predicted molar refractivity (Wildman–Crippen MR) is 102 cm³/mol. The van der Waals surface area contributed by atoms with E-state index in [0.717, 1.165) is 36.9 Å². The van der Waals surface area contributed by atoms with Crippen LogP contribution in [-0.4, -0.2) is 70.5 Å². The number of nitrogens with one attached hydrogen (secondary N) is 1. The molecule has 0 bridgehead atoms. The molecule has 1 saturated heterocycles. The summed E-state index contributed by atoms with van der Waals surface area (Å²) in [5.41, 5.74) is 0.750. The zero-order chi connectivity index (χ0) is 18.7. The number of hydrogen-bond donors (Lipinski definition) is 1. The van der Waals surface area contributed by atoms with E-state index in [-0.39, 0.29) is 5.91 Å². The highest BCUT2D eigenvalue weighted by atomic mass is 32.2. The Morgan fingerprint density at radius 1 is 1.08 bits per heavy atom. The first-order valence-electron chi connectivity index (χ1n) is 8.44. The quantitative estimate of drug-likeness (QED) is 0.771. The van der Waals surface area contributed by atoms with Gasteiger partial charge in [-0.3, -0.25) is 4.79 Å². The Labute approximate surface area is 157 Å². The molecule has 1 fully saturated rings. The van der Waals surface area contributed by atoms with Crippen LogP contribution in [0.4, 0.5) is 0 Å². The van der Waals surface area contributed by atoms with E-state index in [2.05, 4.69) is 16.9 Å². The Bertz CT molecular complexity index is 755. The molecule has 140 valence electrons. The molecule has 3 rings (SSSR count). The molecule has 7 nitrogen and oxygen atoms in total. The average Bonchev–Trinajstić information content (AvgIpc) is 3.02. The van der Waals surface area contributed by atoms with Gasteiger partial charge in [0.25, 0.3) is 5.91 Å². The molecule has 1 aromatic carbocycles. The van der Waals surface area contributed by atoms with Crippen molar-refractivity contribution in [3.8, 4) is 17.2 Å². The number of thioether (sulfide) groups is 1. The van der Waals surface area contributed by atoms with Gasteiger partial charge in [0.1, 0.15) is 5.75 Å². The maximum absolute atomic E-state index is 12.4. The molecular weight excluding hydrogens is 354 g/mol. The smallest absolute Gasteiger partial charge is 0.286 e. The molecule has 0 saturated carbocycles. The molecule has 8 heteroatoms. The number of rotatable bonds is 4. The predicted octanol–water partition coefficient (Wildman–Crippen LogP) is 0.513. The first kappa shape index (κ1) is 18.6. The molecule has 0 spiro atoms. The first-order chi connectivity index (χ1) is 12.5. The summed E-state index contributed by atoms with van der Waals surface area (Å²) >= 11 is 1.41. The van der Waals surface area contributed by atoms with Gasteiger partial charge < -0.3 is 24.0 Å². The Kier molecular flexibility index (Phi) is 5.73. The fraction of sp³-hybridized carbons (Fsp3) is 0.444. The summed E-state index contributed by atoms with van der Waals surface area (Å²) in [5.74, 6) is 1.56. The van der Waals surface area contributed by atoms with Gasteiger partial charge in [0.05, 0.1) is 59.5 Å². The van der Waals surface area contributed by atoms with Crippen molar-refractivity contribution in [3.05, 3.63) is 22.6 Å². The highest BCUT2D eigenvalue weighted by molar-refractivity contribution is 8.18. The summed E-state index contributed by atoms with van der Waals surface area (Å²) < 4.78 is 16.1. The van der Waals surface area contributed by atoms with E-state index in [1.54, 1.807) is 39.5 Å². The van der Waals surface area contributed by atoms with Crippen molar-refractivity contribution in [1.82, 2.24) is 4.90 Å². The van der Waals surface area contributed by atoms with Gasteiger partial charge in [-0.2, -0.15) is 4.99 Å². The van der Waals surface area contributed by atoms with Crippen LogP contribution < -0.4 is 19.1 Å². The third-order valence-corrected chi connectivity index (χ3v) is 5.56. The van der Waals surface area contributed by atoms with E-state index in [4.69, 9.17) is 14.2 Å². The molecule has 1 N–H and O–H groups in total. The molecule has 1 aromatic rings. The van der Waals surface area contributed by atoms with Gasteiger partial charge in [0, 0.05) is 11.6 Å². The van der Waals surface area contributed by atoms with Gasteiger partial charge in [-0.25, -0.2) is 0 Å². The van der Waals surface area contributed by atoms with Crippen LogP contribution in [0.15, 0.2) is 22.0 Å². The molecule has 0 atom stereocenters. The number of quaternary nitrogens is 1. The number of carbonyl (C=O) groups excluding carboxylic acids is 1. The number of likely N-dealkylation sites (N-methyl/N-ethyl adjacent to an activating group) is 1. The van der Waals surface area contributed by atoms with E-state index in [0.29, 0.717) is 22.2 Å². The van der Waals surface area contributed by atoms with Gasteiger partial charge >= 0.3 is 0 Å². The molecule has 26 heavy (non-hydrogen) atoms. The third kappa shape index (κ3) is 3.81. The summed E-state index contributed by atoms with van der Waals surface area (Å²) in [7, 11) is 6.92. The topological polar surface area (TPSA) is 64.8 Å². The zero-order valence-electron chi connectivity index (χ0n) is 15.5. The van der Waals surface area contributed by atoms with Crippen LogP contribution in [-0.2, 0) is 4.79 Å². The number of amides is 1. The van der Waals surface area contributed by atoms with E-state index in [1.165, 1.54) is 16.7 Å². The van der Waals surface area contributed by atoms with Crippen molar-refractivity contribution >= 4 is 28.9 Å². The largest absolute Gasteiger partial charge is 0.496 e. The van der Waals surface area contributed by atoms with E-state index in [9.17, 15) is 4.79 Å². The normalized spacial score (nSPS) is 19.7. The monoisotopic (exact) mass is 378 g/mol. The Morgan fingerprint density at radius 2 is 1.69 bits per heavy atom. The number of benzene rings is 1. The number of ether oxygens (including phenoxy) is 3. The van der Waals surface area contributed by atoms with Crippen molar-refractivity contribution in [1.29, 1.82) is 0 Å². The van der Waals surface area contributed by atoms with Crippen molar-refractivity contribution in [2.45, 2.75) is 0 Å².